The number of pyridine rings is 1. The fourth-order valence-electron chi connectivity index (χ4n) is 2.50. The Bertz CT molecular complexity index is 411. The molecule has 1 aliphatic carbocycles. The Labute approximate surface area is 114 Å². The molecule has 0 amide bonds. The maximum absolute atomic E-state index is 11.5. The van der Waals surface area contributed by atoms with Gasteiger partial charge in [-0.05, 0) is 18.9 Å². The van der Waals surface area contributed by atoms with Gasteiger partial charge in [-0.2, -0.15) is 0 Å². The fraction of sp³-hybridized carbons (Fsp3) is 0.667. The van der Waals surface area contributed by atoms with Crippen molar-refractivity contribution in [1.82, 2.24) is 9.88 Å². The molecule has 4 nitrogen and oxygen atoms in total. The Morgan fingerprint density at radius 2 is 2.05 bits per heavy atom. The van der Waals surface area contributed by atoms with Crippen LogP contribution in [0, 0.1) is 0 Å². The van der Waals surface area contributed by atoms with Crippen molar-refractivity contribution in [3.05, 3.63) is 34.7 Å². The zero-order valence-corrected chi connectivity index (χ0v) is 11.5. The summed E-state index contributed by atoms with van der Waals surface area (Å²) in [5.41, 5.74) is 0.0581. The summed E-state index contributed by atoms with van der Waals surface area (Å²) in [6.07, 6.45) is 8.74. The third-order valence-electron chi connectivity index (χ3n) is 3.61. The van der Waals surface area contributed by atoms with E-state index in [0.29, 0.717) is 12.6 Å². The Morgan fingerprint density at radius 3 is 2.84 bits per heavy atom. The highest BCUT2D eigenvalue weighted by atomic mass is 16.5. The number of hydrogen-bond acceptors (Lipinski definition) is 3. The maximum atomic E-state index is 11.5. The van der Waals surface area contributed by atoms with Crippen LogP contribution in [0.4, 0.5) is 0 Å². The van der Waals surface area contributed by atoms with Crippen LogP contribution in [0.25, 0.3) is 0 Å². The summed E-state index contributed by atoms with van der Waals surface area (Å²) in [6.45, 7) is 3.15. The van der Waals surface area contributed by atoms with E-state index >= 15 is 0 Å². The van der Waals surface area contributed by atoms with Gasteiger partial charge in [-0.3, -0.25) is 4.79 Å². The van der Waals surface area contributed by atoms with Crippen LogP contribution in [0.1, 0.15) is 32.1 Å². The van der Waals surface area contributed by atoms with Crippen molar-refractivity contribution in [3.8, 4) is 0 Å². The van der Waals surface area contributed by atoms with Crippen molar-refractivity contribution in [3.63, 3.8) is 0 Å². The lowest BCUT2D eigenvalue weighted by Gasteiger charge is -2.22. The van der Waals surface area contributed by atoms with Crippen LogP contribution >= 0.6 is 0 Å². The number of nitrogens with one attached hydrogen (secondary N) is 1. The van der Waals surface area contributed by atoms with E-state index in [0.717, 1.165) is 19.7 Å². The van der Waals surface area contributed by atoms with Gasteiger partial charge in [0.25, 0.3) is 5.56 Å². The predicted octanol–water partition coefficient (Wildman–Crippen LogP) is 1.79. The van der Waals surface area contributed by atoms with Gasteiger partial charge in [0.1, 0.15) is 0 Å². The average Bonchev–Trinajstić information content (AvgIpc) is 2.45. The Morgan fingerprint density at radius 1 is 1.21 bits per heavy atom. The van der Waals surface area contributed by atoms with Crippen molar-refractivity contribution in [2.24, 2.45) is 0 Å². The molecule has 1 aliphatic rings. The van der Waals surface area contributed by atoms with Crippen molar-refractivity contribution in [2.45, 2.75) is 44.8 Å². The molecule has 1 heterocycles. The van der Waals surface area contributed by atoms with E-state index in [1.54, 1.807) is 16.7 Å². The standard InChI is InChI=1S/C15H24N2O2/c18-15-8-4-5-11-17(15)12-9-16-10-13-19-14-6-2-1-3-7-14/h4-5,8,11,14,16H,1-3,6-7,9-10,12-13H2. The molecule has 0 atom stereocenters. The first kappa shape index (κ1) is 14.3. The zero-order valence-electron chi connectivity index (χ0n) is 11.5. The molecule has 1 aromatic rings. The van der Waals surface area contributed by atoms with Gasteiger partial charge in [0.15, 0.2) is 0 Å². The molecule has 19 heavy (non-hydrogen) atoms. The quantitative estimate of drug-likeness (QED) is 0.764. The minimum atomic E-state index is 0.0581. The third-order valence-corrected chi connectivity index (χ3v) is 3.61. The number of aromatic nitrogens is 1. The molecule has 0 aromatic carbocycles. The SMILES string of the molecule is O=c1ccccn1CCNCCOC1CCCCC1. The molecular weight excluding hydrogens is 240 g/mol. The van der Waals surface area contributed by atoms with E-state index in [1.807, 2.05) is 12.3 Å². The lowest BCUT2D eigenvalue weighted by atomic mass is 9.98. The van der Waals surface area contributed by atoms with E-state index in [9.17, 15) is 4.79 Å². The van der Waals surface area contributed by atoms with E-state index in [2.05, 4.69) is 5.32 Å². The van der Waals surface area contributed by atoms with Crippen molar-refractivity contribution < 1.29 is 4.74 Å². The van der Waals surface area contributed by atoms with Gasteiger partial charge in [-0.25, -0.2) is 0 Å². The Hall–Kier alpha value is -1.13. The highest BCUT2D eigenvalue weighted by Gasteiger charge is 2.12. The predicted molar refractivity (Wildman–Crippen MR) is 76.4 cm³/mol. The van der Waals surface area contributed by atoms with Crippen molar-refractivity contribution in [1.29, 1.82) is 0 Å². The monoisotopic (exact) mass is 264 g/mol. The molecule has 0 aliphatic heterocycles. The second-order valence-corrected chi connectivity index (χ2v) is 5.11. The first-order chi connectivity index (χ1) is 9.36. The summed E-state index contributed by atoms with van der Waals surface area (Å²) in [7, 11) is 0. The summed E-state index contributed by atoms with van der Waals surface area (Å²) in [6, 6.07) is 5.24. The molecule has 1 fully saturated rings. The molecule has 1 N–H and O–H groups in total. The van der Waals surface area contributed by atoms with Gasteiger partial charge in [-0.15, -0.1) is 0 Å². The number of nitrogens with zero attached hydrogens (tertiary/aromatic N) is 1. The van der Waals surface area contributed by atoms with Crippen molar-refractivity contribution in [2.75, 3.05) is 19.7 Å². The molecule has 1 saturated carbocycles. The summed E-state index contributed by atoms with van der Waals surface area (Å²) in [4.78, 5) is 11.5. The summed E-state index contributed by atoms with van der Waals surface area (Å²) >= 11 is 0. The smallest absolute Gasteiger partial charge is 0.250 e. The molecule has 1 aromatic heterocycles. The van der Waals surface area contributed by atoms with Gasteiger partial charge in [0, 0.05) is 31.9 Å². The van der Waals surface area contributed by atoms with Crippen LogP contribution in [-0.4, -0.2) is 30.4 Å². The molecule has 2 rings (SSSR count). The van der Waals surface area contributed by atoms with Crippen LogP contribution < -0.4 is 10.9 Å². The molecule has 0 bridgehead atoms. The van der Waals surface area contributed by atoms with Crippen LogP contribution in [0.5, 0.6) is 0 Å². The number of hydrogen-bond donors (Lipinski definition) is 1. The largest absolute Gasteiger partial charge is 0.377 e. The topological polar surface area (TPSA) is 43.3 Å². The van der Waals surface area contributed by atoms with Crippen LogP contribution in [0.3, 0.4) is 0 Å². The highest BCUT2D eigenvalue weighted by Crippen LogP contribution is 2.19. The number of ether oxygens (including phenoxy) is 1. The summed E-state index contributed by atoms with van der Waals surface area (Å²) < 4.78 is 7.55. The first-order valence-electron chi connectivity index (χ1n) is 7.34. The van der Waals surface area contributed by atoms with E-state index < -0.39 is 0 Å². The molecule has 4 heteroatoms. The zero-order chi connectivity index (χ0) is 13.3. The van der Waals surface area contributed by atoms with Gasteiger partial charge in [0.05, 0.1) is 12.7 Å². The van der Waals surface area contributed by atoms with Gasteiger partial charge in [0.2, 0.25) is 0 Å². The van der Waals surface area contributed by atoms with Crippen LogP contribution in [0.15, 0.2) is 29.2 Å². The normalized spacial score (nSPS) is 16.6. The highest BCUT2D eigenvalue weighted by molar-refractivity contribution is 4.93. The number of rotatable bonds is 7. The molecular formula is C15H24N2O2. The molecule has 0 saturated heterocycles. The van der Waals surface area contributed by atoms with E-state index in [-0.39, 0.29) is 5.56 Å². The third kappa shape index (κ3) is 5.17. The Kier molecular flexibility index (Phi) is 6.11. The van der Waals surface area contributed by atoms with Crippen LogP contribution in [0.2, 0.25) is 0 Å². The maximum Gasteiger partial charge on any atom is 0.250 e. The summed E-state index contributed by atoms with van der Waals surface area (Å²) in [5, 5.41) is 3.32. The molecule has 0 radical (unpaired) electrons. The van der Waals surface area contributed by atoms with Gasteiger partial charge in [-0.1, -0.05) is 25.3 Å². The second kappa shape index (κ2) is 8.12. The van der Waals surface area contributed by atoms with E-state index in [1.165, 1.54) is 32.1 Å². The first-order valence-corrected chi connectivity index (χ1v) is 7.34. The second-order valence-electron chi connectivity index (χ2n) is 5.11. The van der Waals surface area contributed by atoms with Crippen LogP contribution in [-0.2, 0) is 11.3 Å². The Balaban J connectivity index is 1.52. The fourth-order valence-corrected chi connectivity index (χ4v) is 2.50. The minimum absolute atomic E-state index is 0.0581. The van der Waals surface area contributed by atoms with E-state index in [4.69, 9.17) is 4.74 Å². The lowest BCUT2D eigenvalue weighted by molar-refractivity contribution is 0.0303. The molecule has 106 valence electrons. The minimum Gasteiger partial charge on any atom is -0.377 e. The molecule has 0 spiro atoms. The molecule has 0 unspecified atom stereocenters. The van der Waals surface area contributed by atoms with Gasteiger partial charge < -0.3 is 14.6 Å². The summed E-state index contributed by atoms with van der Waals surface area (Å²) in [5.74, 6) is 0. The average molecular weight is 264 g/mol. The van der Waals surface area contributed by atoms with Crippen molar-refractivity contribution >= 4 is 0 Å². The lowest BCUT2D eigenvalue weighted by Crippen LogP contribution is -2.29. The van der Waals surface area contributed by atoms with Gasteiger partial charge >= 0.3 is 0 Å².